The van der Waals surface area contributed by atoms with Crippen LogP contribution in [0.1, 0.15) is 23.2 Å². The van der Waals surface area contributed by atoms with Crippen molar-refractivity contribution >= 4 is 28.0 Å². The number of ether oxygens (including phenoxy) is 1. The first-order valence-electron chi connectivity index (χ1n) is 11.1. The van der Waals surface area contributed by atoms with Crippen molar-refractivity contribution in [2.75, 3.05) is 26.9 Å². The minimum absolute atomic E-state index is 0.000752. The first kappa shape index (κ1) is 21.4. The predicted molar refractivity (Wildman–Crippen MR) is 125 cm³/mol. The number of aromatic nitrogens is 4. The van der Waals surface area contributed by atoms with Crippen molar-refractivity contribution in [2.24, 2.45) is 12.8 Å². The number of methoxy groups -OCH3 is 1. The molecule has 5 rings (SSSR count). The molecule has 3 aromatic heterocycles. The van der Waals surface area contributed by atoms with Crippen LogP contribution < -0.4 is 10.5 Å². The van der Waals surface area contributed by atoms with Gasteiger partial charge in [-0.3, -0.25) is 4.79 Å². The Hall–Kier alpha value is -3.46. The number of pyridine rings is 1. The zero-order chi connectivity index (χ0) is 23.1. The van der Waals surface area contributed by atoms with Crippen LogP contribution in [0.3, 0.4) is 0 Å². The van der Waals surface area contributed by atoms with Gasteiger partial charge in [0.25, 0.3) is 5.91 Å². The third-order valence-electron chi connectivity index (χ3n) is 6.34. The lowest BCUT2D eigenvalue weighted by Crippen LogP contribution is -2.45. The summed E-state index contributed by atoms with van der Waals surface area (Å²) in [6.07, 6.45) is 3.52. The number of hydrogen-bond donors (Lipinski definition) is 1. The molecule has 4 heterocycles. The lowest BCUT2D eigenvalue weighted by Gasteiger charge is -2.30. The summed E-state index contributed by atoms with van der Waals surface area (Å²) in [7, 11) is 3.47. The fourth-order valence-electron chi connectivity index (χ4n) is 4.78. The van der Waals surface area contributed by atoms with Crippen LogP contribution in [0.15, 0.2) is 36.5 Å². The Labute approximate surface area is 190 Å². The number of imidazole rings is 1. The molecule has 0 saturated carbocycles. The highest BCUT2D eigenvalue weighted by atomic mass is 19.1. The minimum Gasteiger partial charge on any atom is -0.494 e. The van der Waals surface area contributed by atoms with E-state index >= 15 is 0 Å². The number of aryl methyl sites for hydroxylation is 2. The molecule has 1 fully saturated rings. The molecule has 1 amide bonds. The summed E-state index contributed by atoms with van der Waals surface area (Å²) >= 11 is 0. The van der Waals surface area contributed by atoms with Crippen LogP contribution in [0.2, 0.25) is 0 Å². The fraction of sp³-hybridized carbons (Fsp3) is 0.375. The van der Waals surface area contributed by atoms with Gasteiger partial charge in [-0.1, -0.05) is 0 Å². The minimum atomic E-state index is -0.517. The van der Waals surface area contributed by atoms with Gasteiger partial charge in [-0.05, 0) is 43.2 Å². The van der Waals surface area contributed by atoms with Crippen molar-refractivity contribution in [3.05, 3.63) is 42.1 Å². The second-order valence-electron chi connectivity index (χ2n) is 8.48. The van der Waals surface area contributed by atoms with Crippen LogP contribution in [0.5, 0.6) is 5.75 Å². The molecule has 0 bridgehead atoms. The van der Waals surface area contributed by atoms with E-state index in [1.54, 1.807) is 30.3 Å². The molecule has 1 saturated heterocycles. The third kappa shape index (κ3) is 3.62. The molecule has 0 radical (unpaired) electrons. The summed E-state index contributed by atoms with van der Waals surface area (Å²) in [6.45, 7) is 0.895. The molecule has 1 unspecified atom stereocenters. The van der Waals surface area contributed by atoms with Gasteiger partial charge in [-0.15, -0.1) is 0 Å². The Balaban J connectivity index is 1.64. The molecule has 1 aliphatic rings. The van der Waals surface area contributed by atoms with Gasteiger partial charge in [-0.2, -0.15) is 0 Å². The van der Waals surface area contributed by atoms with Gasteiger partial charge in [0.05, 0.1) is 24.9 Å². The van der Waals surface area contributed by atoms with E-state index < -0.39 is 6.67 Å². The molecular weight excluding hydrogens is 423 g/mol. The number of alkyl halides is 1. The maximum absolute atomic E-state index is 13.4. The quantitative estimate of drug-likeness (QED) is 0.504. The monoisotopic (exact) mass is 450 g/mol. The highest BCUT2D eigenvalue weighted by Gasteiger charge is 2.25. The smallest absolute Gasteiger partial charge is 0.254 e. The third-order valence-corrected chi connectivity index (χ3v) is 6.34. The molecule has 1 aromatic carbocycles. The van der Waals surface area contributed by atoms with E-state index in [1.807, 2.05) is 34.4 Å². The molecule has 9 heteroatoms. The van der Waals surface area contributed by atoms with E-state index in [0.29, 0.717) is 41.4 Å². The van der Waals surface area contributed by atoms with Gasteiger partial charge in [0.2, 0.25) is 0 Å². The second-order valence-corrected chi connectivity index (χ2v) is 8.48. The highest BCUT2D eigenvalue weighted by molar-refractivity contribution is 6.00. The van der Waals surface area contributed by atoms with E-state index in [0.717, 1.165) is 29.4 Å². The Kier molecular flexibility index (Phi) is 5.49. The number of benzene rings is 1. The number of hydrogen-bond acceptors (Lipinski definition) is 5. The van der Waals surface area contributed by atoms with Gasteiger partial charge >= 0.3 is 0 Å². The number of piperidine rings is 1. The van der Waals surface area contributed by atoms with Crippen LogP contribution in [0.4, 0.5) is 4.39 Å². The molecule has 0 spiro atoms. The van der Waals surface area contributed by atoms with E-state index in [4.69, 9.17) is 15.5 Å². The molecular formula is C24H27FN6O2. The van der Waals surface area contributed by atoms with Gasteiger partial charge in [0.1, 0.15) is 23.6 Å². The summed E-state index contributed by atoms with van der Waals surface area (Å²) in [5, 5.41) is 0.914. The molecule has 1 atom stereocenters. The molecule has 33 heavy (non-hydrogen) atoms. The number of rotatable bonds is 5. The second kappa shape index (κ2) is 8.47. The lowest BCUT2D eigenvalue weighted by molar-refractivity contribution is 0.0708. The Morgan fingerprint density at radius 1 is 1.33 bits per heavy atom. The number of carbonyl (C=O) groups excluding carboxylic acids is 1. The van der Waals surface area contributed by atoms with Crippen molar-refractivity contribution < 1.29 is 13.9 Å². The van der Waals surface area contributed by atoms with E-state index in [-0.39, 0.29) is 18.5 Å². The summed E-state index contributed by atoms with van der Waals surface area (Å²) in [4.78, 5) is 24.3. The molecule has 4 aromatic rings. The summed E-state index contributed by atoms with van der Waals surface area (Å²) < 4.78 is 22.8. The predicted octanol–water partition coefficient (Wildman–Crippen LogP) is 3.13. The van der Waals surface area contributed by atoms with Crippen LogP contribution >= 0.6 is 0 Å². The number of nitrogens with zero attached hydrogens (tertiary/aromatic N) is 5. The summed E-state index contributed by atoms with van der Waals surface area (Å²) in [5.41, 5.74) is 9.47. The fourth-order valence-corrected chi connectivity index (χ4v) is 4.78. The molecule has 2 N–H and O–H groups in total. The highest BCUT2D eigenvalue weighted by Crippen LogP contribution is 2.34. The van der Waals surface area contributed by atoms with Gasteiger partial charge in [-0.25, -0.2) is 14.4 Å². The van der Waals surface area contributed by atoms with Crippen LogP contribution in [0.25, 0.3) is 33.6 Å². The number of amides is 1. The Morgan fingerprint density at radius 2 is 2.18 bits per heavy atom. The van der Waals surface area contributed by atoms with Crippen LogP contribution in [-0.2, 0) is 13.6 Å². The van der Waals surface area contributed by atoms with Crippen LogP contribution in [0, 0.1) is 0 Å². The SMILES string of the molecule is COc1cc(C(=O)N2CCCC(N)C2)cc2nc(-c3cc4cccnc4n3CCF)n(C)c12. The van der Waals surface area contributed by atoms with Crippen molar-refractivity contribution in [3.8, 4) is 17.3 Å². The van der Waals surface area contributed by atoms with E-state index in [2.05, 4.69) is 4.98 Å². The Bertz CT molecular complexity index is 1340. The zero-order valence-electron chi connectivity index (χ0n) is 18.8. The topological polar surface area (TPSA) is 91.2 Å². The summed E-state index contributed by atoms with van der Waals surface area (Å²) in [6, 6.07) is 9.32. The van der Waals surface area contributed by atoms with Crippen molar-refractivity contribution in [1.82, 2.24) is 24.0 Å². The number of nitrogens with two attached hydrogens (primary N) is 1. The molecule has 1 aliphatic heterocycles. The molecule has 0 aliphatic carbocycles. The summed E-state index contributed by atoms with van der Waals surface area (Å²) in [5.74, 6) is 1.14. The Morgan fingerprint density at radius 3 is 2.94 bits per heavy atom. The number of fused-ring (bicyclic) bond motifs is 2. The van der Waals surface area contributed by atoms with Crippen molar-refractivity contribution in [2.45, 2.75) is 25.4 Å². The number of halogens is 1. The first-order valence-corrected chi connectivity index (χ1v) is 11.1. The normalized spacial score (nSPS) is 16.6. The van der Waals surface area contributed by atoms with Crippen molar-refractivity contribution in [1.29, 1.82) is 0 Å². The van der Waals surface area contributed by atoms with Gasteiger partial charge in [0, 0.05) is 43.3 Å². The lowest BCUT2D eigenvalue weighted by atomic mass is 10.0. The average molecular weight is 451 g/mol. The van der Waals surface area contributed by atoms with E-state index in [9.17, 15) is 9.18 Å². The van der Waals surface area contributed by atoms with E-state index in [1.165, 1.54) is 0 Å². The largest absolute Gasteiger partial charge is 0.494 e. The van der Waals surface area contributed by atoms with Crippen LogP contribution in [-0.4, -0.2) is 62.8 Å². The number of likely N-dealkylation sites (tertiary alicyclic amines) is 1. The maximum atomic E-state index is 13.4. The van der Waals surface area contributed by atoms with Crippen molar-refractivity contribution in [3.63, 3.8) is 0 Å². The molecule has 172 valence electrons. The zero-order valence-corrected chi connectivity index (χ0v) is 18.8. The van der Waals surface area contributed by atoms with Gasteiger partial charge < -0.3 is 24.5 Å². The first-order chi connectivity index (χ1) is 16.0. The van der Waals surface area contributed by atoms with Gasteiger partial charge in [0.15, 0.2) is 5.82 Å². The number of carbonyl (C=O) groups is 1. The molecule has 8 nitrogen and oxygen atoms in total. The average Bonchev–Trinajstić information content (AvgIpc) is 3.36. The maximum Gasteiger partial charge on any atom is 0.254 e. The standard InChI is InChI=1S/C24H27FN6O2/c1-29-21-18(11-16(13-20(21)33-2)24(32)30-9-4-6-17(26)14-30)28-23(29)19-12-15-5-3-8-27-22(15)31(19)10-7-25/h3,5,8,11-13,17H,4,6-7,9-10,14,26H2,1-2H3.